The molecule has 0 spiro atoms. The average molecular weight is 248 g/mol. The van der Waals surface area contributed by atoms with Crippen molar-refractivity contribution in [3.8, 4) is 0 Å². The third kappa shape index (κ3) is 2.18. The predicted molar refractivity (Wildman–Crippen MR) is 71.6 cm³/mol. The summed E-state index contributed by atoms with van der Waals surface area (Å²) in [5.74, 6) is 3.84. The van der Waals surface area contributed by atoms with E-state index in [1.54, 1.807) is 0 Å². The van der Waals surface area contributed by atoms with E-state index >= 15 is 0 Å². The van der Waals surface area contributed by atoms with Crippen LogP contribution in [0.25, 0.3) is 0 Å². The zero-order valence-corrected chi connectivity index (χ0v) is 11.6. The van der Waals surface area contributed by atoms with Crippen LogP contribution < -0.4 is 0 Å². The molecular formula is C14H24N4. The SMILES string of the molecule is CCN1CCC(Cc2nnc3n2CCCC3C)C1. The maximum Gasteiger partial charge on any atom is 0.135 e. The lowest BCUT2D eigenvalue weighted by Gasteiger charge is -2.21. The molecule has 1 aromatic rings. The molecule has 4 nitrogen and oxygen atoms in total. The number of rotatable bonds is 3. The molecule has 0 saturated carbocycles. The number of nitrogens with zero attached hydrogens (tertiary/aromatic N) is 4. The molecule has 0 radical (unpaired) electrons. The molecule has 1 aromatic heterocycles. The van der Waals surface area contributed by atoms with E-state index in [0.29, 0.717) is 5.92 Å². The van der Waals surface area contributed by atoms with Crippen molar-refractivity contribution in [3.05, 3.63) is 11.6 Å². The van der Waals surface area contributed by atoms with Crippen molar-refractivity contribution >= 4 is 0 Å². The monoisotopic (exact) mass is 248 g/mol. The van der Waals surface area contributed by atoms with E-state index in [2.05, 4.69) is 33.5 Å². The zero-order valence-electron chi connectivity index (χ0n) is 11.6. The fraction of sp³-hybridized carbons (Fsp3) is 0.857. The van der Waals surface area contributed by atoms with E-state index in [-0.39, 0.29) is 0 Å². The fourth-order valence-electron chi connectivity index (χ4n) is 3.42. The molecule has 0 N–H and O–H groups in total. The van der Waals surface area contributed by atoms with Crippen molar-refractivity contribution in [1.82, 2.24) is 19.7 Å². The van der Waals surface area contributed by atoms with E-state index in [9.17, 15) is 0 Å². The summed E-state index contributed by atoms with van der Waals surface area (Å²) in [6.07, 6.45) is 5.00. The highest BCUT2D eigenvalue weighted by atomic mass is 15.3. The number of likely N-dealkylation sites (tertiary alicyclic amines) is 1. The van der Waals surface area contributed by atoms with Gasteiger partial charge in [-0.1, -0.05) is 13.8 Å². The quantitative estimate of drug-likeness (QED) is 0.821. The van der Waals surface area contributed by atoms with Crippen LogP contribution in [0.1, 0.15) is 50.7 Å². The fourth-order valence-corrected chi connectivity index (χ4v) is 3.42. The van der Waals surface area contributed by atoms with E-state index in [4.69, 9.17) is 0 Å². The molecule has 2 aliphatic heterocycles. The van der Waals surface area contributed by atoms with Crippen LogP contribution in [0.3, 0.4) is 0 Å². The van der Waals surface area contributed by atoms with Gasteiger partial charge in [-0.25, -0.2) is 0 Å². The summed E-state index contributed by atoms with van der Waals surface area (Å²) in [5, 5.41) is 8.88. The molecular weight excluding hydrogens is 224 g/mol. The summed E-state index contributed by atoms with van der Waals surface area (Å²) in [4.78, 5) is 2.54. The Hall–Kier alpha value is -0.900. The minimum atomic E-state index is 0.593. The van der Waals surface area contributed by atoms with Gasteiger partial charge in [-0.05, 0) is 38.3 Å². The van der Waals surface area contributed by atoms with Gasteiger partial charge in [0.25, 0.3) is 0 Å². The molecule has 3 heterocycles. The van der Waals surface area contributed by atoms with Gasteiger partial charge < -0.3 is 9.47 Å². The molecule has 2 aliphatic rings. The summed E-state index contributed by atoms with van der Waals surface area (Å²) in [7, 11) is 0. The smallest absolute Gasteiger partial charge is 0.135 e. The minimum absolute atomic E-state index is 0.593. The van der Waals surface area contributed by atoms with Crippen LogP contribution in [0, 0.1) is 5.92 Å². The van der Waals surface area contributed by atoms with Crippen LogP contribution >= 0.6 is 0 Å². The zero-order chi connectivity index (χ0) is 12.5. The predicted octanol–water partition coefficient (Wildman–Crippen LogP) is 2.06. The maximum absolute atomic E-state index is 4.46. The molecule has 18 heavy (non-hydrogen) atoms. The molecule has 2 atom stereocenters. The Morgan fingerprint density at radius 1 is 1.22 bits per heavy atom. The lowest BCUT2D eigenvalue weighted by molar-refractivity contribution is 0.339. The first-order valence-corrected chi connectivity index (χ1v) is 7.42. The normalized spacial score (nSPS) is 28.6. The molecule has 2 unspecified atom stereocenters. The van der Waals surface area contributed by atoms with Crippen molar-refractivity contribution in [2.75, 3.05) is 19.6 Å². The molecule has 1 saturated heterocycles. The summed E-state index contributed by atoms with van der Waals surface area (Å²) in [6, 6.07) is 0. The highest BCUT2D eigenvalue weighted by Gasteiger charge is 2.26. The highest BCUT2D eigenvalue weighted by Crippen LogP contribution is 2.27. The van der Waals surface area contributed by atoms with Gasteiger partial charge in [0.2, 0.25) is 0 Å². The van der Waals surface area contributed by atoms with E-state index < -0.39 is 0 Å². The first-order valence-electron chi connectivity index (χ1n) is 7.42. The minimum Gasteiger partial charge on any atom is -0.315 e. The van der Waals surface area contributed by atoms with Gasteiger partial charge in [-0.3, -0.25) is 0 Å². The Morgan fingerprint density at radius 3 is 2.89 bits per heavy atom. The Labute approximate surface area is 109 Å². The van der Waals surface area contributed by atoms with Gasteiger partial charge in [-0.2, -0.15) is 0 Å². The second-order valence-electron chi connectivity index (χ2n) is 5.92. The Balaban J connectivity index is 1.70. The molecule has 100 valence electrons. The van der Waals surface area contributed by atoms with Crippen molar-refractivity contribution in [3.63, 3.8) is 0 Å². The van der Waals surface area contributed by atoms with Gasteiger partial charge in [0.05, 0.1) is 0 Å². The van der Waals surface area contributed by atoms with Gasteiger partial charge in [0.15, 0.2) is 0 Å². The maximum atomic E-state index is 4.46. The van der Waals surface area contributed by atoms with Crippen LogP contribution in [0.15, 0.2) is 0 Å². The topological polar surface area (TPSA) is 34.0 Å². The number of aromatic nitrogens is 3. The number of hydrogen-bond donors (Lipinski definition) is 0. The number of fused-ring (bicyclic) bond motifs is 1. The van der Waals surface area contributed by atoms with Crippen molar-refractivity contribution in [1.29, 1.82) is 0 Å². The van der Waals surface area contributed by atoms with E-state index in [1.807, 2.05) is 0 Å². The lowest BCUT2D eigenvalue weighted by Crippen LogP contribution is -2.21. The van der Waals surface area contributed by atoms with Crippen molar-refractivity contribution in [2.24, 2.45) is 5.92 Å². The second-order valence-corrected chi connectivity index (χ2v) is 5.92. The Bertz CT molecular complexity index is 412. The van der Waals surface area contributed by atoms with Crippen molar-refractivity contribution in [2.45, 2.75) is 52.0 Å². The molecule has 4 heteroatoms. The summed E-state index contributed by atoms with van der Waals surface area (Å²) in [5.41, 5.74) is 0. The largest absolute Gasteiger partial charge is 0.315 e. The molecule has 0 bridgehead atoms. The molecule has 0 amide bonds. The first-order chi connectivity index (χ1) is 8.78. The third-order valence-corrected chi connectivity index (χ3v) is 4.60. The lowest BCUT2D eigenvalue weighted by atomic mass is 10.00. The molecule has 1 fully saturated rings. The Morgan fingerprint density at radius 2 is 2.11 bits per heavy atom. The van der Waals surface area contributed by atoms with Crippen molar-refractivity contribution < 1.29 is 0 Å². The van der Waals surface area contributed by atoms with Crippen LogP contribution in [-0.4, -0.2) is 39.3 Å². The van der Waals surface area contributed by atoms with Crippen LogP contribution in [0.5, 0.6) is 0 Å². The van der Waals surface area contributed by atoms with Crippen LogP contribution in [0.2, 0.25) is 0 Å². The Kier molecular flexibility index (Phi) is 3.37. The van der Waals surface area contributed by atoms with Gasteiger partial charge in [0, 0.05) is 25.4 Å². The van der Waals surface area contributed by atoms with E-state index in [0.717, 1.165) is 18.9 Å². The summed E-state index contributed by atoms with van der Waals surface area (Å²) < 4.78 is 2.39. The summed E-state index contributed by atoms with van der Waals surface area (Å²) >= 11 is 0. The first kappa shape index (κ1) is 12.2. The molecule has 0 aromatic carbocycles. The van der Waals surface area contributed by atoms with Gasteiger partial charge in [-0.15, -0.1) is 10.2 Å². The standard InChI is InChI=1S/C14H24N4/c1-3-17-8-6-12(10-17)9-13-15-16-14-11(2)5-4-7-18(13)14/h11-12H,3-10H2,1-2H3. The molecule has 0 aliphatic carbocycles. The van der Waals surface area contributed by atoms with Crippen LogP contribution in [-0.2, 0) is 13.0 Å². The van der Waals surface area contributed by atoms with Gasteiger partial charge in [0.1, 0.15) is 11.6 Å². The average Bonchev–Trinajstić information content (AvgIpc) is 2.98. The van der Waals surface area contributed by atoms with E-state index in [1.165, 1.54) is 50.5 Å². The highest BCUT2D eigenvalue weighted by molar-refractivity contribution is 5.05. The number of hydrogen-bond acceptors (Lipinski definition) is 3. The second kappa shape index (κ2) is 5.00. The molecule has 3 rings (SSSR count). The van der Waals surface area contributed by atoms with Crippen LogP contribution in [0.4, 0.5) is 0 Å². The van der Waals surface area contributed by atoms with Gasteiger partial charge >= 0.3 is 0 Å². The summed E-state index contributed by atoms with van der Waals surface area (Å²) in [6.45, 7) is 9.35. The third-order valence-electron chi connectivity index (χ3n) is 4.60.